The molecule has 0 aliphatic heterocycles. The number of hydrogen-bond donors (Lipinski definition) is 2. The Morgan fingerprint density at radius 2 is 2.00 bits per heavy atom. The summed E-state index contributed by atoms with van der Waals surface area (Å²) in [5.41, 5.74) is 6.05. The van der Waals surface area contributed by atoms with Crippen molar-refractivity contribution in [1.29, 1.82) is 0 Å². The smallest absolute Gasteiger partial charge is 0.224 e. The van der Waals surface area contributed by atoms with E-state index in [-0.39, 0.29) is 6.04 Å². The van der Waals surface area contributed by atoms with Gasteiger partial charge in [-0.15, -0.1) is 10.2 Å². The lowest BCUT2D eigenvalue weighted by Crippen LogP contribution is -2.30. The van der Waals surface area contributed by atoms with E-state index >= 15 is 0 Å². The number of aromatic nitrogens is 3. The first-order valence-corrected chi connectivity index (χ1v) is 6.01. The second kappa shape index (κ2) is 5.84. The molecule has 16 heavy (non-hydrogen) atoms. The molecule has 0 fully saturated rings. The molecule has 0 aliphatic carbocycles. The summed E-state index contributed by atoms with van der Waals surface area (Å²) in [6.45, 7) is 10.1. The lowest BCUT2D eigenvalue weighted by atomic mass is 10.0. The maximum Gasteiger partial charge on any atom is 0.224 e. The van der Waals surface area contributed by atoms with Crippen LogP contribution in [0.2, 0.25) is 0 Å². The highest BCUT2D eigenvalue weighted by molar-refractivity contribution is 5.25. The van der Waals surface area contributed by atoms with Gasteiger partial charge in [0, 0.05) is 25.6 Å². The second-order valence-electron chi connectivity index (χ2n) is 4.33. The minimum atomic E-state index is 0.143. The third kappa shape index (κ3) is 2.95. The van der Waals surface area contributed by atoms with E-state index in [1.807, 2.05) is 6.92 Å². The van der Waals surface area contributed by atoms with Crippen molar-refractivity contribution < 1.29 is 0 Å². The fraction of sp³-hybridized carbons (Fsp3) is 0.818. The first-order chi connectivity index (χ1) is 7.60. The number of hydrogen-bond acceptors (Lipinski definition) is 4. The molecule has 0 saturated carbocycles. The Bertz CT molecular complexity index is 318. The topological polar surface area (TPSA) is 68.8 Å². The van der Waals surface area contributed by atoms with Gasteiger partial charge in [-0.1, -0.05) is 13.8 Å². The third-order valence-corrected chi connectivity index (χ3v) is 2.75. The molecular formula is C11H23N5. The van der Waals surface area contributed by atoms with E-state index in [0.717, 1.165) is 31.3 Å². The molecule has 0 bridgehead atoms. The van der Waals surface area contributed by atoms with Crippen LogP contribution in [-0.2, 0) is 13.0 Å². The fourth-order valence-corrected chi connectivity index (χ4v) is 1.55. The van der Waals surface area contributed by atoms with Crippen LogP contribution in [0.1, 0.15) is 33.5 Å². The van der Waals surface area contributed by atoms with Crippen molar-refractivity contribution >= 4 is 5.95 Å². The minimum Gasteiger partial charge on any atom is -0.355 e. The van der Waals surface area contributed by atoms with Gasteiger partial charge in [0.2, 0.25) is 5.95 Å². The summed E-state index contributed by atoms with van der Waals surface area (Å²) < 4.78 is 2.09. The Labute approximate surface area is 97.4 Å². The molecule has 0 spiro atoms. The molecule has 1 heterocycles. The van der Waals surface area contributed by atoms with E-state index in [2.05, 4.69) is 40.9 Å². The Balaban J connectivity index is 2.80. The van der Waals surface area contributed by atoms with Gasteiger partial charge in [-0.05, 0) is 19.8 Å². The molecule has 1 aromatic heterocycles. The highest BCUT2D eigenvalue weighted by atomic mass is 15.3. The third-order valence-electron chi connectivity index (χ3n) is 2.75. The van der Waals surface area contributed by atoms with Crippen LogP contribution >= 0.6 is 0 Å². The monoisotopic (exact) mass is 225 g/mol. The zero-order valence-electron chi connectivity index (χ0n) is 10.7. The van der Waals surface area contributed by atoms with Crippen LogP contribution in [0.25, 0.3) is 0 Å². The van der Waals surface area contributed by atoms with Gasteiger partial charge >= 0.3 is 0 Å². The zero-order chi connectivity index (χ0) is 12.1. The van der Waals surface area contributed by atoms with Crippen molar-refractivity contribution in [2.75, 3.05) is 11.9 Å². The van der Waals surface area contributed by atoms with Gasteiger partial charge in [0.15, 0.2) is 0 Å². The van der Waals surface area contributed by atoms with Crippen LogP contribution in [0.4, 0.5) is 5.95 Å². The lowest BCUT2D eigenvalue weighted by Gasteiger charge is -2.15. The second-order valence-corrected chi connectivity index (χ2v) is 4.33. The van der Waals surface area contributed by atoms with Crippen molar-refractivity contribution in [2.24, 2.45) is 11.7 Å². The number of rotatable bonds is 6. The van der Waals surface area contributed by atoms with Crippen LogP contribution in [0.3, 0.4) is 0 Å². The van der Waals surface area contributed by atoms with Gasteiger partial charge in [-0.25, -0.2) is 0 Å². The van der Waals surface area contributed by atoms with Crippen molar-refractivity contribution in [3.63, 3.8) is 0 Å². The summed E-state index contributed by atoms with van der Waals surface area (Å²) in [5, 5.41) is 11.5. The number of nitrogens with two attached hydrogens (primary N) is 1. The molecule has 1 aromatic rings. The molecule has 0 amide bonds. The van der Waals surface area contributed by atoms with Crippen molar-refractivity contribution in [3.05, 3.63) is 5.82 Å². The summed E-state index contributed by atoms with van der Waals surface area (Å²) >= 11 is 0. The summed E-state index contributed by atoms with van der Waals surface area (Å²) in [6, 6.07) is 0.143. The van der Waals surface area contributed by atoms with Crippen molar-refractivity contribution in [1.82, 2.24) is 14.8 Å². The lowest BCUT2D eigenvalue weighted by molar-refractivity contribution is 0.472. The highest BCUT2D eigenvalue weighted by Crippen LogP contribution is 2.11. The van der Waals surface area contributed by atoms with Gasteiger partial charge < -0.3 is 11.1 Å². The van der Waals surface area contributed by atoms with Gasteiger partial charge in [0.05, 0.1) is 0 Å². The Kier molecular flexibility index (Phi) is 4.73. The van der Waals surface area contributed by atoms with Gasteiger partial charge in [0.1, 0.15) is 5.82 Å². The standard InChI is InChI=1S/C11H23N5/c1-5-13-11-15-14-10(16(11)6-2)7-9(12)8(3)4/h8-9H,5-7,12H2,1-4H3,(H,13,15). The quantitative estimate of drug-likeness (QED) is 0.764. The van der Waals surface area contributed by atoms with Gasteiger partial charge in [-0.3, -0.25) is 4.57 Å². The minimum absolute atomic E-state index is 0.143. The molecule has 0 aliphatic rings. The Hall–Kier alpha value is -1.10. The average molecular weight is 225 g/mol. The SMILES string of the molecule is CCNc1nnc(CC(N)C(C)C)n1CC. The van der Waals surface area contributed by atoms with Crippen molar-refractivity contribution in [2.45, 2.75) is 46.7 Å². The molecule has 0 saturated heterocycles. The summed E-state index contributed by atoms with van der Waals surface area (Å²) in [6.07, 6.45) is 0.782. The molecule has 5 nitrogen and oxygen atoms in total. The molecule has 1 atom stereocenters. The van der Waals surface area contributed by atoms with Gasteiger partial charge in [0.25, 0.3) is 0 Å². The van der Waals surface area contributed by atoms with E-state index in [1.165, 1.54) is 0 Å². The van der Waals surface area contributed by atoms with E-state index in [9.17, 15) is 0 Å². The molecule has 3 N–H and O–H groups in total. The summed E-state index contributed by atoms with van der Waals surface area (Å²) in [7, 11) is 0. The van der Waals surface area contributed by atoms with Crippen LogP contribution in [0, 0.1) is 5.92 Å². The predicted molar refractivity (Wildman–Crippen MR) is 66.4 cm³/mol. The largest absolute Gasteiger partial charge is 0.355 e. The fourth-order valence-electron chi connectivity index (χ4n) is 1.55. The molecule has 1 unspecified atom stereocenters. The Morgan fingerprint density at radius 3 is 2.50 bits per heavy atom. The molecule has 92 valence electrons. The van der Waals surface area contributed by atoms with Crippen molar-refractivity contribution in [3.8, 4) is 0 Å². The molecular weight excluding hydrogens is 202 g/mol. The number of nitrogens with zero attached hydrogens (tertiary/aromatic N) is 3. The molecule has 1 rings (SSSR count). The maximum atomic E-state index is 6.05. The maximum absolute atomic E-state index is 6.05. The Morgan fingerprint density at radius 1 is 1.31 bits per heavy atom. The van der Waals surface area contributed by atoms with Crippen LogP contribution in [-0.4, -0.2) is 27.4 Å². The number of nitrogens with one attached hydrogen (secondary N) is 1. The zero-order valence-corrected chi connectivity index (χ0v) is 10.7. The van der Waals surface area contributed by atoms with E-state index in [4.69, 9.17) is 5.73 Å². The van der Waals surface area contributed by atoms with E-state index in [0.29, 0.717) is 5.92 Å². The van der Waals surface area contributed by atoms with E-state index < -0.39 is 0 Å². The average Bonchev–Trinajstić information content (AvgIpc) is 2.61. The molecule has 0 aromatic carbocycles. The van der Waals surface area contributed by atoms with Gasteiger partial charge in [-0.2, -0.15) is 0 Å². The number of anilines is 1. The highest BCUT2D eigenvalue weighted by Gasteiger charge is 2.15. The van der Waals surface area contributed by atoms with Crippen LogP contribution < -0.4 is 11.1 Å². The van der Waals surface area contributed by atoms with Crippen LogP contribution in [0.15, 0.2) is 0 Å². The summed E-state index contributed by atoms with van der Waals surface area (Å²) in [5.74, 6) is 2.28. The normalized spacial score (nSPS) is 13.1. The first-order valence-electron chi connectivity index (χ1n) is 6.01. The predicted octanol–water partition coefficient (Wildman–Crippen LogP) is 1.26. The molecule has 0 radical (unpaired) electrons. The van der Waals surface area contributed by atoms with Crippen LogP contribution in [0.5, 0.6) is 0 Å². The van der Waals surface area contributed by atoms with E-state index in [1.54, 1.807) is 0 Å². The summed E-state index contributed by atoms with van der Waals surface area (Å²) in [4.78, 5) is 0. The molecule has 5 heteroatoms. The first kappa shape index (κ1) is 13.0.